The lowest BCUT2D eigenvalue weighted by Crippen LogP contribution is -2.27. The second kappa shape index (κ2) is 5.87. The Morgan fingerprint density at radius 1 is 1.59 bits per heavy atom. The molecule has 0 aliphatic carbocycles. The lowest BCUT2D eigenvalue weighted by atomic mass is 10.1. The molecule has 0 saturated heterocycles. The van der Waals surface area contributed by atoms with Crippen LogP contribution in [-0.2, 0) is 0 Å². The number of anilines is 1. The maximum atomic E-state index is 12.0. The van der Waals surface area contributed by atoms with Crippen LogP contribution >= 0.6 is 0 Å². The average Bonchev–Trinajstić information content (AvgIpc) is 2.34. The smallest absolute Gasteiger partial charge is 0.253 e. The molecule has 0 unspecified atom stereocenters. The Hall–Kier alpha value is -2.06. The van der Waals surface area contributed by atoms with Gasteiger partial charge in [-0.3, -0.25) is 10.6 Å². The lowest BCUT2D eigenvalue weighted by Gasteiger charge is -2.16. The van der Waals surface area contributed by atoms with Gasteiger partial charge >= 0.3 is 0 Å². The van der Waals surface area contributed by atoms with Crippen molar-refractivity contribution in [2.45, 2.75) is 13.3 Å². The summed E-state index contributed by atoms with van der Waals surface area (Å²) in [4.78, 5) is 13.5. The van der Waals surface area contributed by atoms with Crippen molar-refractivity contribution in [3.8, 4) is 6.07 Å². The number of hydrogen-bond acceptors (Lipinski definition) is 4. The summed E-state index contributed by atoms with van der Waals surface area (Å²) in [5.41, 5.74) is 4.86. The fraction of sp³-hybridized carbons (Fsp3) is 0.333. The van der Waals surface area contributed by atoms with Gasteiger partial charge in [-0.05, 0) is 30.7 Å². The molecule has 0 bridgehead atoms. The SMILES string of the molecule is Cc1cc(C(=O)N(C)CCC#N)ccc1NN. The molecule has 0 spiro atoms. The number of amides is 1. The van der Waals surface area contributed by atoms with Crippen molar-refractivity contribution in [3.05, 3.63) is 29.3 Å². The van der Waals surface area contributed by atoms with E-state index in [-0.39, 0.29) is 5.91 Å². The zero-order chi connectivity index (χ0) is 12.8. The first kappa shape index (κ1) is 13.0. The molecule has 3 N–H and O–H groups in total. The molecule has 0 saturated carbocycles. The molecular formula is C12H16N4O. The molecule has 5 nitrogen and oxygen atoms in total. The van der Waals surface area contributed by atoms with Gasteiger partial charge in [0.2, 0.25) is 0 Å². The van der Waals surface area contributed by atoms with Gasteiger partial charge in [0.25, 0.3) is 5.91 Å². The minimum atomic E-state index is -0.0908. The standard InChI is InChI=1S/C12H16N4O/c1-9-8-10(4-5-11(9)15-14)12(17)16(2)7-3-6-13/h4-5,8,15H,3,7,14H2,1-2H3. The van der Waals surface area contributed by atoms with Crippen LogP contribution in [-0.4, -0.2) is 24.4 Å². The van der Waals surface area contributed by atoms with Crippen LogP contribution in [0.3, 0.4) is 0 Å². The molecule has 0 aromatic heterocycles. The monoisotopic (exact) mass is 232 g/mol. The summed E-state index contributed by atoms with van der Waals surface area (Å²) in [5, 5.41) is 8.47. The molecular weight excluding hydrogens is 216 g/mol. The van der Waals surface area contributed by atoms with E-state index in [1.807, 2.05) is 13.0 Å². The number of aryl methyl sites for hydroxylation is 1. The Bertz CT molecular complexity index is 450. The number of nitrogens with one attached hydrogen (secondary N) is 1. The van der Waals surface area contributed by atoms with Crippen molar-refractivity contribution >= 4 is 11.6 Å². The van der Waals surface area contributed by atoms with Gasteiger partial charge in [0.05, 0.1) is 18.2 Å². The van der Waals surface area contributed by atoms with Crippen LogP contribution in [0.2, 0.25) is 0 Å². The molecule has 5 heteroatoms. The third kappa shape index (κ3) is 3.20. The van der Waals surface area contributed by atoms with Crippen molar-refractivity contribution in [2.24, 2.45) is 5.84 Å². The fourth-order valence-electron chi connectivity index (χ4n) is 1.50. The number of nitrogens with two attached hydrogens (primary N) is 1. The molecule has 0 fully saturated rings. The van der Waals surface area contributed by atoms with Gasteiger partial charge in [-0.1, -0.05) is 0 Å². The lowest BCUT2D eigenvalue weighted by molar-refractivity contribution is 0.0798. The number of benzene rings is 1. The summed E-state index contributed by atoms with van der Waals surface area (Å²) in [6.45, 7) is 2.31. The highest BCUT2D eigenvalue weighted by Crippen LogP contribution is 2.16. The summed E-state index contributed by atoms with van der Waals surface area (Å²) >= 11 is 0. The molecule has 0 radical (unpaired) electrons. The predicted molar refractivity (Wildman–Crippen MR) is 66.2 cm³/mol. The van der Waals surface area contributed by atoms with E-state index in [2.05, 4.69) is 5.43 Å². The zero-order valence-electron chi connectivity index (χ0n) is 10.0. The molecule has 0 aliphatic rings. The Balaban J connectivity index is 2.83. The number of hydrogen-bond donors (Lipinski definition) is 2. The van der Waals surface area contributed by atoms with E-state index in [4.69, 9.17) is 11.1 Å². The summed E-state index contributed by atoms with van der Waals surface area (Å²) < 4.78 is 0. The molecule has 0 atom stereocenters. The van der Waals surface area contributed by atoms with Crippen LogP contribution in [0, 0.1) is 18.3 Å². The molecule has 1 rings (SSSR count). The van der Waals surface area contributed by atoms with Crippen LogP contribution in [0.15, 0.2) is 18.2 Å². The van der Waals surface area contributed by atoms with E-state index in [9.17, 15) is 4.79 Å². The number of nitrogen functional groups attached to an aromatic ring is 1. The Kier molecular flexibility index (Phi) is 4.49. The highest BCUT2D eigenvalue weighted by molar-refractivity contribution is 5.94. The average molecular weight is 232 g/mol. The summed E-state index contributed by atoms with van der Waals surface area (Å²) in [5.74, 6) is 5.23. The van der Waals surface area contributed by atoms with Crippen molar-refractivity contribution in [2.75, 3.05) is 19.0 Å². The minimum absolute atomic E-state index is 0.0908. The van der Waals surface area contributed by atoms with Gasteiger partial charge in [0.15, 0.2) is 0 Å². The van der Waals surface area contributed by atoms with E-state index >= 15 is 0 Å². The van der Waals surface area contributed by atoms with Gasteiger partial charge in [-0.15, -0.1) is 0 Å². The largest absolute Gasteiger partial charge is 0.341 e. The van der Waals surface area contributed by atoms with Crippen molar-refractivity contribution in [1.82, 2.24) is 4.90 Å². The molecule has 1 aromatic rings. The Labute approximate surface area is 101 Å². The minimum Gasteiger partial charge on any atom is -0.341 e. The van der Waals surface area contributed by atoms with Crippen LogP contribution in [0.1, 0.15) is 22.3 Å². The highest BCUT2D eigenvalue weighted by Gasteiger charge is 2.12. The van der Waals surface area contributed by atoms with Crippen LogP contribution < -0.4 is 11.3 Å². The normalized spacial score (nSPS) is 9.53. The van der Waals surface area contributed by atoms with E-state index in [0.717, 1.165) is 11.3 Å². The predicted octanol–water partition coefficient (Wildman–Crippen LogP) is 1.27. The van der Waals surface area contributed by atoms with Gasteiger partial charge in [-0.2, -0.15) is 5.26 Å². The molecule has 1 aromatic carbocycles. The Morgan fingerprint density at radius 2 is 2.29 bits per heavy atom. The van der Waals surface area contributed by atoms with Gasteiger partial charge in [-0.25, -0.2) is 0 Å². The van der Waals surface area contributed by atoms with E-state index in [1.165, 1.54) is 4.90 Å². The zero-order valence-corrected chi connectivity index (χ0v) is 10.0. The van der Waals surface area contributed by atoms with Crippen molar-refractivity contribution in [3.63, 3.8) is 0 Å². The number of carbonyl (C=O) groups is 1. The summed E-state index contributed by atoms with van der Waals surface area (Å²) in [7, 11) is 1.68. The van der Waals surface area contributed by atoms with Crippen LogP contribution in [0.5, 0.6) is 0 Å². The summed E-state index contributed by atoms with van der Waals surface area (Å²) in [6, 6.07) is 7.27. The third-order valence-electron chi connectivity index (χ3n) is 2.53. The fourth-order valence-corrected chi connectivity index (χ4v) is 1.50. The van der Waals surface area contributed by atoms with Crippen LogP contribution in [0.25, 0.3) is 0 Å². The van der Waals surface area contributed by atoms with Crippen LogP contribution in [0.4, 0.5) is 5.69 Å². The molecule has 1 amide bonds. The van der Waals surface area contributed by atoms with E-state index < -0.39 is 0 Å². The molecule has 0 heterocycles. The van der Waals surface area contributed by atoms with Gasteiger partial charge in [0, 0.05) is 19.2 Å². The maximum absolute atomic E-state index is 12.0. The summed E-state index contributed by atoms with van der Waals surface area (Å²) in [6.07, 6.45) is 0.337. The number of hydrazine groups is 1. The number of nitrogens with zero attached hydrogens (tertiary/aromatic N) is 2. The maximum Gasteiger partial charge on any atom is 0.253 e. The van der Waals surface area contributed by atoms with Gasteiger partial charge < -0.3 is 10.3 Å². The second-order valence-electron chi connectivity index (χ2n) is 3.81. The number of carbonyl (C=O) groups excluding carboxylic acids is 1. The van der Waals surface area contributed by atoms with E-state index in [0.29, 0.717) is 18.5 Å². The Morgan fingerprint density at radius 3 is 2.82 bits per heavy atom. The first-order valence-corrected chi connectivity index (χ1v) is 5.30. The second-order valence-corrected chi connectivity index (χ2v) is 3.81. The van der Waals surface area contributed by atoms with Gasteiger partial charge in [0.1, 0.15) is 0 Å². The number of nitriles is 1. The van der Waals surface area contributed by atoms with Crippen molar-refractivity contribution in [1.29, 1.82) is 5.26 Å². The first-order valence-electron chi connectivity index (χ1n) is 5.30. The number of rotatable bonds is 4. The molecule has 90 valence electrons. The highest BCUT2D eigenvalue weighted by atomic mass is 16.2. The third-order valence-corrected chi connectivity index (χ3v) is 2.53. The quantitative estimate of drug-likeness (QED) is 0.605. The van der Waals surface area contributed by atoms with E-state index in [1.54, 1.807) is 25.2 Å². The van der Waals surface area contributed by atoms with Crippen molar-refractivity contribution < 1.29 is 4.79 Å². The molecule has 0 aliphatic heterocycles. The topological polar surface area (TPSA) is 82.2 Å². The molecule has 17 heavy (non-hydrogen) atoms. The first-order chi connectivity index (χ1) is 8.10.